The Morgan fingerprint density at radius 1 is 1.50 bits per heavy atom. The van der Waals surface area contributed by atoms with E-state index >= 15 is 0 Å². The molecule has 0 atom stereocenters. The van der Waals surface area contributed by atoms with Gasteiger partial charge in [0, 0.05) is 12.1 Å². The second-order valence-corrected chi connectivity index (χ2v) is 3.08. The summed E-state index contributed by atoms with van der Waals surface area (Å²) in [5.41, 5.74) is 0.265. The molecule has 1 amide bonds. The topological polar surface area (TPSA) is 101 Å². The highest BCUT2D eigenvalue weighted by Crippen LogP contribution is 2.08. The zero-order valence-electron chi connectivity index (χ0n) is 8.35. The fraction of sp³-hybridized carbons (Fsp3) is 0.111. The molecule has 2 heterocycles. The van der Waals surface area contributed by atoms with Gasteiger partial charge < -0.3 is 9.51 Å². The molecule has 16 heavy (non-hydrogen) atoms. The van der Waals surface area contributed by atoms with Gasteiger partial charge in [-0.25, -0.2) is 4.98 Å². The zero-order chi connectivity index (χ0) is 11.5. The number of hydrogen-bond acceptors (Lipinski definition) is 5. The van der Waals surface area contributed by atoms with Crippen LogP contribution in [-0.2, 0) is 0 Å². The van der Waals surface area contributed by atoms with Crippen LogP contribution >= 0.6 is 0 Å². The van der Waals surface area contributed by atoms with Gasteiger partial charge >= 0.3 is 0 Å². The second-order valence-electron chi connectivity index (χ2n) is 3.08. The van der Waals surface area contributed by atoms with Crippen LogP contribution in [-0.4, -0.2) is 21.0 Å². The molecule has 7 heteroatoms. The Balaban J connectivity index is 2.17. The van der Waals surface area contributed by atoms with Crippen LogP contribution in [0.4, 0.5) is 5.88 Å². The van der Waals surface area contributed by atoms with Crippen LogP contribution in [0.5, 0.6) is 0 Å². The Kier molecular flexibility index (Phi) is 2.50. The maximum absolute atomic E-state index is 11.6. The maximum atomic E-state index is 11.6. The fourth-order valence-electron chi connectivity index (χ4n) is 1.09. The lowest BCUT2D eigenvalue weighted by Crippen LogP contribution is -2.17. The highest BCUT2D eigenvalue weighted by molar-refractivity contribution is 6.01. The summed E-state index contributed by atoms with van der Waals surface area (Å²) in [6.07, 6.45) is 1.16. The van der Waals surface area contributed by atoms with E-state index in [4.69, 9.17) is 4.52 Å². The summed E-state index contributed by atoms with van der Waals surface area (Å²) in [4.78, 5) is 28.5. The molecule has 0 saturated heterocycles. The normalized spacial score (nSPS) is 10.1. The third kappa shape index (κ3) is 2.14. The van der Waals surface area contributed by atoms with Crippen LogP contribution in [0.1, 0.15) is 16.2 Å². The van der Waals surface area contributed by atoms with Crippen molar-refractivity contribution >= 4 is 11.8 Å². The summed E-state index contributed by atoms with van der Waals surface area (Å²) >= 11 is 0. The average Bonchev–Trinajstić information content (AvgIpc) is 2.64. The number of nitrogens with zero attached hydrogens (tertiary/aromatic N) is 2. The largest absolute Gasteiger partial charge is 0.338 e. The first-order valence-corrected chi connectivity index (χ1v) is 4.44. The van der Waals surface area contributed by atoms with Crippen molar-refractivity contribution in [3.05, 3.63) is 40.2 Å². The molecule has 0 fully saturated rings. The molecular weight excluding hydrogens is 212 g/mol. The molecule has 0 saturated carbocycles. The number of amides is 1. The van der Waals surface area contributed by atoms with Crippen molar-refractivity contribution in [3.63, 3.8) is 0 Å². The quantitative estimate of drug-likeness (QED) is 0.758. The lowest BCUT2D eigenvalue weighted by molar-refractivity contribution is 0.101. The Bertz CT molecular complexity index is 572. The van der Waals surface area contributed by atoms with Crippen molar-refractivity contribution in [2.24, 2.45) is 0 Å². The number of carbonyl (C=O) groups excluding carboxylic acids is 1. The summed E-state index contributed by atoms with van der Waals surface area (Å²) in [6.45, 7) is 1.73. The summed E-state index contributed by atoms with van der Waals surface area (Å²) < 4.78 is 4.79. The van der Waals surface area contributed by atoms with Gasteiger partial charge in [-0.2, -0.15) is 0 Å². The standard InChI is InChI=1S/C9H8N4O3/c1-5-2-8(16-13-5)12-9(15)6-3-7(14)11-4-10-6/h2-4H,1H3,(H,12,15)(H,10,11,14). The molecule has 2 aromatic heterocycles. The van der Waals surface area contributed by atoms with Gasteiger partial charge in [-0.15, -0.1) is 0 Å². The fourth-order valence-corrected chi connectivity index (χ4v) is 1.09. The first-order valence-electron chi connectivity index (χ1n) is 4.44. The molecule has 0 aliphatic carbocycles. The SMILES string of the molecule is Cc1cc(NC(=O)c2cc(=O)[nH]cn2)on1. The van der Waals surface area contributed by atoms with E-state index in [0.29, 0.717) is 5.69 Å². The number of aromatic nitrogens is 3. The van der Waals surface area contributed by atoms with Gasteiger partial charge in [0.15, 0.2) is 0 Å². The predicted octanol–water partition coefficient (Wildman–Crippen LogP) is 0.319. The second kappa shape index (κ2) is 3.97. The zero-order valence-corrected chi connectivity index (χ0v) is 8.35. The molecule has 2 N–H and O–H groups in total. The molecule has 0 aliphatic heterocycles. The minimum absolute atomic E-state index is 0.0119. The summed E-state index contributed by atoms with van der Waals surface area (Å²) in [5.74, 6) is -0.313. The van der Waals surface area contributed by atoms with E-state index in [1.54, 1.807) is 13.0 Å². The Morgan fingerprint density at radius 2 is 2.31 bits per heavy atom. The van der Waals surface area contributed by atoms with Gasteiger partial charge in [-0.1, -0.05) is 5.16 Å². The van der Waals surface area contributed by atoms with Crippen LogP contribution in [0.15, 0.2) is 27.8 Å². The summed E-state index contributed by atoms with van der Waals surface area (Å²) in [6, 6.07) is 2.66. The molecule has 0 aliphatic rings. The first-order chi connectivity index (χ1) is 7.65. The van der Waals surface area contributed by atoms with Crippen molar-refractivity contribution in [1.82, 2.24) is 15.1 Å². The molecule has 0 unspecified atom stereocenters. The van der Waals surface area contributed by atoms with E-state index in [-0.39, 0.29) is 11.6 Å². The van der Waals surface area contributed by atoms with E-state index in [1.165, 1.54) is 0 Å². The molecule has 0 bridgehead atoms. The van der Waals surface area contributed by atoms with Gasteiger partial charge in [-0.3, -0.25) is 14.9 Å². The van der Waals surface area contributed by atoms with Gasteiger partial charge in [-0.05, 0) is 6.92 Å². The van der Waals surface area contributed by atoms with Gasteiger partial charge in [0.2, 0.25) is 5.88 Å². The maximum Gasteiger partial charge on any atom is 0.276 e. The minimum Gasteiger partial charge on any atom is -0.338 e. The monoisotopic (exact) mass is 220 g/mol. The van der Waals surface area contributed by atoms with E-state index < -0.39 is 11.5 Å². The third-order valence-electron chi connectivity index (χ3n) is 1.78. The van der Waals surface area contributed by atoms with E-state index in [0.717, 1.165) is 12.4 Å². The Labute approximate surface area is 89.5 Å². The summed E-state index contributed by atoms with van der Waals surface area (Å²) in [5, 5.41) is 6.03. The van der Waals surface area contributed by atoms with Crippen LogP contribution in [0, 0.1) is 6.92 Å². The van der Waals surface area contributed by atoms with Crippen molar-refractivity contribution in [1.29, 1.82) is 0 Å². The van der Waals surface area contributed by atoms with Gasteiger partial charge in [0.1, 0.15) is 5.69 Å². The number of aromatic amines is 1. The van der Waals surface area contributed by atoms with E-state index in [2.05, 4.69) is 20.4 Å². The molecule has 0 aromatic carbocycles. The Morgan fingerprint density at radius 3 is 2.94 bits per heavy atom. The lowest BCUT2D eigenvalue weighted by Gasteiger charge is -1.98. The van der Waals surface area contributed by atoms with Gasteiger partial charge in [0.25, 0.3) is 11.5 Å². The van der Waals surface area contributed by atoms with Crippen LogP contribution in [0.25, 0.3) is 0 Å². The summed E-state index contributed by atoms with van der Waals surface area (Å²) in [7, 11) is 0. The van der Waals surface area contributed by atoms with Crippen LogP contribution in [0.3, 0.4) is 0 Å². The Hall–Kier alpha value is -2.44. The molecule has 0 spiro atoms. The molecule has 2 aromatic rings. The smallest absolute Gasteiger partial charge is 0.276 e. The molecular formula is C9H8N4O3. The van der Waals surface area contributed by atoms with Gasteiger partial charge in [0.05, 0.1) is 12.0 Å². The van der Waals surface area contributed by atoms with Crippen molar-refractivity contribution in [2.75, 3.05) is 5.32 Å². The van der Waals surface area contributed by atoms with Crippen LogP contribution in [0.2, 0.25) is 0 Å². The molecule has 7 nitrogen and oxygen atoms in total. The minimum atomic E-state index is -0.526. The molecule has 2 rings (SSSR count). The number of hydrogen-bond donors (Lipinski definition) is 2. The van der Waals surface area contributed by atoms with Crippen molar-refractivity contribution in [2.45, 2.75) is 6.92 Å². The highest BCUT2D eigenvalue weighted by atomic mass is 16.5. The number of nitrogens with one attached hydrogen (secondary N) is 2. The number of anilines is 1. The van der Waals surface area contributed by atoms with E-state index in [9.17, 15) is 9.59 Å². The number of rotatable bonds is 2. The number of carbonyl (C=O) groups is 1. The lowest BCUT2D eigenvalue weighted by atomic mass is 10.4. The average molecular weight is 220 g/mol. The molecule has 0 radical (unpaired) electrons. The molecule has 82 valence electrons. The first kappa shape index (κ1) is 10.1. The number of aryl methyl sites for hydroxylation is 1. The van der Waals surface area contributed by atoms with Crippen molar-refractivity contribution < 1.29 is 9.32 Å². The van der Waals surface area contributed by atoms with Crippen molar-refractivity contribution in [3.8, 4) is 0 Å². The van der Waals surface area contributed by atoms with E-state index in [1.807, 2.05) is 0 Å². The third-order valence-corrected chi connectivity index (χ3v) is 1.78. The highest BCUT2D eigenvalue weighted by Gasteiger charge is 2.10. The predicted molar refractivity (Wildman–Crippen MR) is 54.1 cm³/mol. The van der Waals surface area contributed by atoms with Crippen LogP contribution < -0.4 is 10.9 Å². The number of H-pyrrole nitrogens is 1.